The number of nitrogens with zero attached hydrogens (tertiary/aromatic N) is 1. The summed E-state index contributed by atoms with van der Waals surface area (Å²) in [5.41, 5.74) is 3.85. The molecule has 0 atom stereocenters. The van der Waals surface area contributed by atoms with E-state index in [1.54, 1.807) is 0 Å². The minimum atomic E-state index is 1.15. The second-order valence-corrected chi connectivity index (χ2v) is 8.93. The number of rotatable bonds is 5. The predicted molar refractivity (Wildman–Crippen MR) is 95.3 cm³/mol. The van der Waals surface area contributed by atoms with E-state index < -0.39 is 0 Å². The fourth-order valence-electron chi connectivity index (χ4n) is 2.64. The summed E-state index contributed by atoms with van der Waals surface area (Å²) in [6.07, 6.45) is 6.44. The molecule has 0 unspecified atom stereocenters. The maximum absolute atomic E-state index is 4.82. The minimum Gasteiger partial charge on any atom is -0.246 e. The highest BCUT2D eigenvalue weighted by Gasteiger charge is 2.13. The fourth-order valence-corrected chi connectivity index (χ4v) is 5.34. The van der Waals surface area contributed by atoms with Crippen LogP contribution in [0.4, 0.5) is 0 Å². The van der Waals surface area contributed by atoms with Gasteiger partial charge < -0.3 is 0 Å². The van der Waals surface area contributed by atoms with Crippen LogP contribution in [0.15, 0.2) is 15.9 Å². The van der Waals surface area contributed by atoms with Crippen molar-refractivity contribution < 1.29 is 0 Å². The summed E-state index contributed by atoms with van der Waals surface area (Å²) in [4.78, 5) is 6.18. The first-order valence-electron chi connectivity index (χ1n) is 7.17. The lowest BCUT2D eigenvalue weighted by Gasteiger charge is -2.05. The standard InChI is InChI=1S/C16H18BrNS2/c1-3-4-5-6-7-11-15-12(8-10(2)19-15)18-13-9-14(17)20-16(11)13/h8-9H,3-7H2,1-2H3. The summed E-state index contributed by atoms with van der Waals surface area (Å²) >= 11 is 7.33. The molecule has 3 aromatic rings. The molecule has 0 fully saturated rings. The molecule has 1 nitrogen and oxygen atoms in total. The Morgan fingerprint density at radius 1 is 1.05 bits per heavy atom. The van der Waals surface area contributed by atoms with E-state index in [9.17, 15) is 0 Å². The van der Waals surface area contributed by atoms with Gasteiger partial charge in [-0.3, -0.25) is 0 Å². The van der Waals surface area contributed by atoms with Crippen LogP contribution in [0.25, 0.3) is 20.4 Å². The van der Waals surface area contributed by atoms with E-state index in [2.05, 4.69) is 41.9 Å². The third-order valence-corrected chi connectivity index (χ3v) is 6.37. The molecule has 0 amide bonds. The minimum absolute atomic E-state index is 1.15. The van der Waals surface area contributed by atoms with Crippen LogP contribution in [0.2, 0.25) is 0 Å². The Kier molecular flexibility index (Phi) is 4.43. The number of fused-ring (bicyclic) bond motifs is 2. The maximum atomic E-state index is 4.82. The summed E-state index contributed by atoms with van der Waals surface area (Å²) in [7, 11) is 0. The molecule has 0 bridgehead atoms. The van der Waals surface area contributed by atoms with Crippen LogP contribution in [0, 0.1) is 6.92 Å². The molecule has 3 aromatic heterocycles. The van der Waals surface area contributed by atoms with Gasteiger partial charge in [-0.25, -0.2) is 4.98 Å². The quantitative estimate of drug-likeness (QED) is 0.456. The number of thiophene rings is 2. The average molecular weight is 368 g/mol. The number of unbranched alkanes of at least 4 members (excludes halogenated alkanes) is 3. The summed E-state index contributed by atoms with van der Waals surface area (Å²) in [5.74, 6) is 0. The third kappa shape index (κ3) is 2.78. The smallest absolute Gasteiger partial charge is 0.0832 e. The Labute approximate surface area is 136 Å². The summed E-state index contributed by atoms with van der Waals surface area (Å²) in [6, 6.07) is 4.38. The van der Waals surface area contributed by atoms with Crippen molar-refractivity contribution in [3.63, 3.8) is 0 Å². The van der Waals surface area contributed by atoms with Gasteiger partial charge >= 0.3 is 0 Å². The monoisotopic (exact) mass is 367 g/mol. The van der Waals surface area contributed by atoms with Crippen LogP contribution in [0.1, 0.15) is 43.0 Å². The van der Waals surface area contributed by atoms with Crippen LogP contribution in [0.3, 0.4) is 0 Å². The second-order valence-electron chi connectivity index (χ2n) is 5.24. The molecular formula is C16H18BrNS2. The van der Waals surface area contributed by atoms with Gasteiger partial charge in [-0.15, -0.1) is 22.7 Å². The third-order valence-electron chi connectivity index (χ3n) is 3.59. The van der Waals surface area contributed by atoms with Crippen molar-refractivity contribution in [1.29, 1.82) is 0 Å². The lowest BCUT2D eigenvalue weighted by molar-refractivity contribution is 0.670. The van der Waals surface area contributed by atoms with Gasteiger partial charge in [-0.2, -0.15) is 0 Å². The molecule has 0 radical (unpaired) electrons. The Bertz CT molecular complexity index is 687. The van der Waals surface area contributed by atoms with E-state index >= 15 is 0 Å². The molecule has 0 N–H and O–H groups in total. The molecule has 3 heterocycles. The van der Waals surface area contributed by atoms with Crippen molar-refractivity contribution in [1.82, 2.24) is 4.98 Å². The van der Waals surface area contributed by atoms with Crippen LogP contribution >= 0.6 is 38.6 Å². The molecule has 20 heavy (non-hydrogen) atoms. The molecule has 0 aliphatic heterocycles. The van der Waals surface area contributed by atoms with Gasteiger partial charge in [0.05, 0.1) is 24.2 Å². The Hall–Kier alpha value is -0.450. The normalized spacial score (nSPS) is 11.8. The molecule has 0 aliphatic rings. The van der Waals surface area contributed by atoms with E-state index in [0.29, 0.717) is 0 Å². The van der Waals surface area contributed by atoms with E-state index in [4.69, 9.17) is 4.98 Å². The molecule has 0 spiro atoms. The van der Waals surface area contributed by atoms with Gasteiger partial charge in [0, 0.05) is 4.88 Å². The Morgan fingerprint density at radius 3 is 2.60 bits per heavy atom. The molecular weight excluding hydrogens is 350 g/mol. The van der Waals surface area contributed by atoms with Crippen molar-refractivity contribution >= 4 is 59.0 Å². The lowest BCUT2D eigenvalue weighted by atomic mass is 10.1. The predicted octanol–water partition coefficient (Wildman–Crippen LogP) is 6.70. The molecule has 106 valence electrons. The SMILES string of the molecule is CCCCCCc1c2sc(C)cc2nc2cc(Br)sc12. The maximum Gasteiger partial charge on any atom is 0.0832 e. The molecule has 3 rings (SSSR count). The molecule has 0 saturated heterocycles. The van der Waals surface area contributed by atoms with Gasteiger partial charge in [-0.05, 0) is 53.4 Å². The summed E-state index contributed by atoms with van der Waals surface area (Å²) < 4.78 is 3.97. The van der Waals surface area contributed by atoms with Crippen molar-refractivity contribution in [3.8, 4) is 0 Å². The summed E-state index contributed by atoms with van der Waals surface area (Å²) in [5, 5.41) is 0. The van der Waals surface area contributed by atoms with Crippen LogP contribution in [-0.2, 0) is 6.42 Å². The highest BCUT2D eigenvalue weighted by molar-refractivity contribution is 9.11. The van der Waals surface area contributed by atoms with Crippen molar-refractivity contribution in [3.05, 3.63) is 26.4 Å². The van der Waals surface area contributed by atoms with E-state index in [0.717, 1.165) is 5.52 Å². The molecule has 0 aliphatic carbocycles. The number of hydrogen-bond donors (Lipinski definition) is 0. The van der Waals surface area contributed by atoms with Gasteiger partial charge in [-0.1, -0.05) is 26.2 Å². The van der Waals surface area contributed by atoms with Gasteiger partial charge in [0.25, 0.3) is 0 Å². The first-order valence-corrected chi connectivity index (χ1v) is 9.59. The number of aryl methyl sites for hydroxylation is 2. The van der Waals surface area contributed by atoms with Gasteiger partial charge in [0.2, 0.25) is 0 Å². The summed E-state index contributed by atoms with van der Waals surface area (Å²) in [6.45, 7) is 4.44. The fraction of sp³-hybridized carbons (Fsp3) is 0.438. The number of aromatic nitrogens is 1. The first-order chi connectivity index (χ1) is 9.69. The zero-order valence-electron chi connectivity index (χ0n) is 11.8. The van der Waals surface area contributed by atoms with Crippen molar-refractivity contribution in [2.75, 3.05) is 0 Å². The van der Waals surface area contributed by atoms with Gasteiger partial charge in [0.15, 0.2) is 0 Å². The highest BCUT2D eigenvalue weighted by Crippen LogP contribution is 2.38. The largest absolute Gasteiger partial charge is 0.246 e. The molecule has 0 saturated carbocycles. The van der Waals surface area contributed by atoms with Crippen molar-refractivity contribution in [2.24, 2.45) is 0 Å². The lowest BCUT2D eigenvalue weighted by Crippen LogP contribution is -1.89. The zero-order chi connectivity index (χ0) is 14.1. The van der Waals surface area contributed by atoms with Gasteiger partial charge in [0.1, 0.15) is 0 Å². The molecule has 4 heteroatoms. The van der Waals surface area contributed by atoms with E-state index in [1.807, 2.05) is 22.7 Å². The van der Waals surface area contributed by atoms with Crippen molar-refractivity contribution in [2.45, 2.75) is 46.0 Å². The number of hydrogen-bond acceptors (Lipinski definition) is 3. The van der Waals surface area contributed by atoms with Crippen LogP contribution in [0.5, 0.6) is 0 Å². The van der Waals surface area contributed by atoms with E-state index in [-0.39, 0.29) is 0 Å². The first kappa shape index (κ1) is 14.5. The molecule has 0 aromatic carbocycles. The zero-order valence-corrected chi connectivity index (χ0v) is 15.1. The highest BCUT2D eigenvalue weighted by atomic mass is 79.9. The van der Waals surface area contributed by atoms with Crippen LogP contribution in [-0.4, -0.2) is 4.98 Å². The topological polar surface area (TPSA) is 12.9 Å². The number of pyridine rings is 1. The Morgan fingerprint density at radius 2 is 1.80 bits per heavy atom. The Balaban J connectivity index is 2.06. The average Bonchev–Trinajstić information content (AvgIpc) is 2.94. The number of halogens is 1. The van der Waals surface area contributed by atoms with Crippen LogP contribution < -0.4 is 0 Å². The van der Waals surface area contributed by atoms with E-state index in [1.165, 1.54) is 61.2 Å². The second kappa shape index (κ2) is 6.12.